The van der Waals surface area contributed by atoms with Gasteiger partial charge in [0.2, 0.25) is 5.91 Å². The van der Waals surface area contributed by atoms with E-state index in [1.807, 2.05) is 11.8 Å². The number of amides is 1. The number of hydrogen-bond acceptors (Lipinski definition) is 5. The number of aromatic nitrogens is 3. The monoisotopic (exact) mass is 417 g/mol. The lowest BCUT2D eigenvalue weighted by molar-refractivity contribution is -0.130. The van der Waals surface area contributed by atoms with Crippen molar-refractivity contribution in [3.05, 3.63) is 45.9 Å². The fourth-order valence-corrected chi connectivity index (χ4v) is 4.35. The minimum Gasteiger partial charge on any atom is -0.339 e. The van der Waals surface area contributed by atoms with Crippen LogP contribution in [0.1, 0.15) is 44.2 Å². The minimum atomic E-state index is -0.211. The van der Waals surface area contributed by atoms with Crippen LogP contribution in [0.5, 0.6) is 0 Å². The molecule has 3 rings (SSSR count). The molecule has 0 spiro atoms. The predicted molar refractivity (Wildman–Crippen MR) is 116 cm³/mol. The van der Waals surface area contributed by atoms with Crippen LogP contribution >= 0.6 is 11.8 Å². The van der Waals surface area contributed by atoms with Crippen LogP contribution in [-0.4, -0.2) is 62.4 Å². The van der Waals surface area contributed by atoms with Gasteiger partial charge in [-0.05, 0) is 23.5 Å². The first-order valence-electron chi connectivity index (χ1n) is 10.3. The standard InChI is InChI=1S/C21H31N5O2S/c1-4-9-26-20(28)22-23-21(26)29-15-19(27)25-12-10-24(11-13-25)14-17-5-7-18(8-6-17)16(2)3/h5-8,16H,4,9-15H2,1-3H3,(H,22,28). The molecule has 0 unspecified atom stereocenters. The third-order valence-electron chi connectivity index (χ3n) is 5.27. The lowest BCUT2D eigenvalue weighted by Gasteiger charge is -2.34. The zero-order valence-corrected chi connectivity index (χ0v) is 18.4. The molecule has 2 aromatic rings. The van der Waals surface area contributed by atoms with Gasteiger partial charge in [-0.2, -0.15) is 0 Å². The van der Waals surface area contributed by atoms with Gasteiger partial charge in [0.25, 0.3) is 0 Å². The molecule has 2 heterocycles. The molecule has 1 aromatic heterocycles. The Bertz CT molecular complexity index is 851. The van der Waals surface area contributed by atoms with E-state index in [0.29, 0.717) is 23.4 Å². The lowest BCUT2D eigenvalue weighted by atomic mass is 10.0. The summed E-state index contributed by atoms with van der Waals surface area (Å²) in [7, 11) is 0. The van der Waals surface area contributed by atoms with Crippen molar-refractivity contribution in [1.29, 1.82) is 0 Å². The van der Waals surface area contributed by atoms with Gasteiger partial charge in [0.1, 0.15) is 0 Å². The van der Waals surface area contributed by atoms with Crippen molar-refractivity contribution in [3.8, 4) is 0 Å². The van der Waals surface area contributed by atoms with Gasteiger partial charge in [0, 0.05) is 39.3 Å². The van der Waals surface area contributed by atoms with E-state index in [9.17, 15) is 9.59 Å². The molecule has 0 radical (unpaired) electrons. The summed E-state index contributed by atoms with van der Waals surface area (Å²) in [6.07, 6.45) is 0.850. The van der Waals surface area contributed by atoms with Crippen LogP contribution < -0.4 is 5.69 Å². The number of carbonyl (C=O) groups is 1. The maximum atomic E-state index is 12.6. The van der Waals surface area contributed by atoms with E-state index in [1.165, 1.54) is 22.9 Å². The molecule has 1 amide bonds. The lowest BCUT2D eigenvalue weighted by Crippen LogP contribution is -2.48. The minimum absolute atomic E-state index is 0.106. The number of nitrogens with one attached hydrogen (secondary N) is 1. The van der Waals surface area contributed by atoms with Gasteiger partial charge in [-0.3, -0.25) is 14.3 Å². The van der Waals surface area contributed by atoms with E-state index in [2.05, 4.69) is 53.2 Å². The van der Waals surface area contributed by atoms with Crippen molar-refractivity contribution in [1.82, 2.24) is 24.6 Å². The summed E-state index contributed by atoms with van der Waals surface area (Å²) in [5.74, 6) is 0.967. The zero-order valence-electron chi connectivity index (χ0n) is 17.6. The van der Waals surface area contributed by atoms with Gasteiger partial charge < -0.3 is 4.90 Å². The first kappa shape index (κ1) is 21.6. The summed E-state index contributed by atoms with van der Waals surface area (Å²) in [5, 5.41) is 7.10. The fourth-order valence-electron chi connectivity index (χ4n) is 3.47. The van der Waals surface area contributed by atoms with Crippen LogP contribution in [0.4, 0.5) is 0 Å². The van der Waals surface area contributed by atoms with Crippen molar-refractivity contribution in [2.45, 2.75) is 51.4 Å². The van der Waals surface area contributed by atoms with E-state index in [1.54, 1.807) is 4.57 Å². The number of nitrogens with zero attached hydrogens (tertiary/aromatic N) is 4. The van der Waals surface area contributed by atoms with Gasteiger partial charge in [0.05, 0.1) is 5.75 Å². The van der Waals surface area contributed by atoms with Crippen LogP contribution in [0.2, 0.25) is 0 Å². The average Bonchev–Trinajstić information content (AvgIpc) is 3.07. The van der Waals surface area contributed by atoms with E-state index in [4.69, 9.17) is 0 Å². The van der Waals surface area contributed by atoms with E-state index in [-0.39, 0.29) is 11.6 Å². The van der Waals surface area contributed by atoms with Crippen molar-refractivity contribution in [3.63, 3.8) is 0 Å². The van der Waals surface area contributed by atoms with Crippen molar-refractivity contribution < 1.29 is 4.79 Å². The number of H-pyrrole nitrogens is 1. The Hall–Kier alpha value is -2.06. The molecule has 158 valence electrons. The highest BCUT2D eigenvalue weighted by atomic mass is 32.2. The van der Waals surface area contributed by atoms with Gasteiger partial charge >= 0.3 is 5.69 Å². The van der Waals surface area contributed by atoms with Crippen LogP contribution in [-0.2, 0) is 17.9 Å². The number of benzene rings is 1. The average molecular weight is 418 g/mol. The molecule has 1 N–H and O–H groups in total. The number of carbonyl (C=O) groups excluding carboxylic acids is 1. The van der Waals surface area contributed by atoms with Crippen LogP contribution in [0.25, 0.3) is 0 Å². The number of aromatic amines is 1. The summed E-state index contributed by atoms with van der Waals surface area (Å²) in [6, 6.07) is 8.85. The Kier molecular flexibility index (Phi) is 7.55. The Morgan fingerprint density at radius 3 is 2.48 bits per heavy atom. The Morgan fingerprint density at radius 2 is 1.86 bits per heavy atom. The summed E-state index contributed by atoms with van der Waals surface area (Å²) < 4.78 is 1.60. The Balaban J connectivity index is 1.45. The van der Waals surface area contributed by atoms with Crippen molar-refractivity contribution in [2.75, 3.05) is 31.9 Å². The molecule has 0 bridgehead atoms. The molecule has 1 saturated heterocycles. The topological polar surface area (TPSA) is 74.2 Å². The molecule has 29 heavy (non-hydrogen) atoms. The molecule has 1 fully saturated rings. The highest BCUT2D eigenvalue weighted by Gasteiger charge is 2.22. The van der Waals surface area contributed by atoms with E-state index in [0.717, 1.165) is 39.1 Å². The number of hydrogen-bond donors (Lipinski definition) is 1. The molecule has 0 aliphatic carbocycles. The first-order valence-corrected chi connectivity index (χ1v) is 11.3. The Labute approximate surface area is 176 Å². The normalized spacial score (nSPS) is 15.2. The second-order valence-electron chi connectivity index (χ2n) is 7.80. The van der Waals surface area contributed by atoms with Crippen LogP contribution in [0.15, 0.2) is 34.2 Å². The van der Waals surface area contributed by atoms with Gasteiger partial charge in [-0.25, -0.2) is 9.89 Å². The van der Waals surface area contributed by atoms with Gasteiger partial charge in [-0.15, -0.1) is 5.10 Å². The zero-order chi connectivity index (χ0) is 20.8. The Morgan fingerprint density at radius 1 is 1.17 bits per heavy atom. The molecular weight excluding hydrogens is 386 g/mol. The maximum Gasteiger partial charge on any atom is 0.343 e. The molecule has 0 atom stereocenters. The number of rotatable bonds is 8. The largest absolute Gasteiger partial charge is 0.343 e. The van der Waals surface area contributed by atoms with E-state index < -0.39 is 0 Å². The molecule has 0 saturated carbocycles. The van der Waals surface area contributed by atoms with Crippen molar-refractivity contribution in [2.24, 2.45) is 0 Å². The predicted octanol–water partition coefficient (Wildman–Crippen LogP) is 2.54. The van der Waals surface area contributed by atoms with E-state index >= 15 is 0 Å². The second-order valence-corrected chi connectivity index (χ2v) is 8.75. The summed E-state index contributed by atoms with van der Waals surface area (Å²) in [6.45, 7) is 11.2. The highest BCUT2D eigenvalue weighted by molar-refractivity contribution is 7.99. The number of thioether (sulfide) groups is 1. The first-order chi connectivity index (χ1) is 14.0. The SMILES string of the molecule is CCCn1c(SCC(=O)N2CCN(Cc3ccc(C(C)C)cc3)CC2)n[nH]c1=O. The molecule has 1 aliphatic heterocycles. The van der Waals surface area contributed by atoms with Crippen LogP contribution in [0.3, 0.4) is 0 Å². The quantitative estimate of drug-likeness (QED) is 0.668. The fraction of sp³-hybridized carbons (Fsp3) is 0.571. The molecule has 1 aromatic carbocycles. The van der Waals surface area contributed by atoms with Crippen LogP contribution in [0, 0.1) is 0 Å². The highest BCUT2D eigenvalue weighted by Crippen LogP contribution is 2.17. The third-order valence-corrected chi connectivity index (χ3v) is 6.23. The number of piperazine rings is 1. The smallest absolute Gasteiger partial charge is 0.339 e. The third kappa shape index (κ3) is 5.73. The molecule has 8 heteroatoms. The maximum absolute atomic E-state index is 12.6. The van der Waals surface area contributed by atoms with Gasteiger partial charge in [0.15, 0.2) is 5.16 Å². The van der Waals surface area contributed by atoms with Crippen molar-refractivity contribution >= 4 is 17.7 Å². The summed E-state index contributed by atoms with van der Waals surface area (Å²) >= 11 is 1.33. The second kappa shape index (κ2) is 10.1. The molecule has 7 nitrogen and oxygen atoms in total. The summed E-state index contributed by atoms with van der Waals surface area (Å²) in [5.41, 5.74) is 2.47. The molecule has 1 aliphatic rings. The van der Waals surface area contributed by atoms with Gasteiger partial charge in [-0.1, -0.05) is 56.8 Å². The summed E-state index contributed by atoms with van der Waals surface area (Å²) in [4.78, 5) is 28.6. The molecular formula is C21H31N5O2S.